The molecule has 1 aromatic rings. The molecule has 0 aromatic carbocycles. The maximum atomic E-state index is 11.8. The van der Waals surface area contributed by atoms with Crippen LogP contribution >= 0.6 is 0 Å². The first-order valence-corrected chi connectivity index (χ1v) is 3.48. The van der Waals surface area contributed by atoms with E-state index in [1.54, 1.807) is 0 Å². The molecule has 5 nitrogen and oxygen atoms in total. The molecule has 1 rings (SSSR count). The summed E-state index contributed by atoms with van der Waals surface area (Å²) in [6.45, 7) is 0. The van der Waals surface area contributed by atoms with Crippen molar-refractivity contribution < 1.29 is 23.0 Å². The van der Waals surface area contributed by atoms with Crippen LogP contribution in [0.1, 0.15) is 5.56 Å². The van der Waals surface area contributed by atoms with Crippen LogP contribution in [0.5, 0.6) is 11.5 Å². The van der Waals surface area contributed by atoms with Crippen LogP contribution in [-0.4, -0.2) is 16.5 Å². The number of nitriles is 1. The molecular formula is C7H4F3N3O2. The minimum Gasteiger partial charge on any atom is -0.503 e. The number of nitrogen functional groups attached to an aromatic ring is 1. The van der Waals surface area contributed by atoms with E-state index >= 15 is 0 Å². The highest BCUT2D eigenvalue weighted by atomic mass is 19.4. The minimum atomic E-state index is -4.96. The van der Waals surface area contributed by atoms with Gasteiger partial charge >= 0.3 is 6.36 Å². The minimum absolute atomic E-state index is 0.443. The van der Waals surface area contributed by atoms with Crippen LogP contribution < -0.4 is 10.5 Å². The van der Waals surface area contributed by atoms with Crippen molar-refractivity contribution in [3.63, 3.8) is 0 Å². The SMILES string of the molecule is N#Cc1c(OC(F)(F)F)cnc(N)c1O. The van der Waals surface area contributed by atoms with E-state index in [1.807, 2.05) is 0 Å². The van der Waals surface area contributed by atoms with E-state index in [-0.39, 0.29) is 0 Å². The fraction of sp³-hybridized carbons (Fsp3) is 0.143. The first-order valence-electron chi connectivity index (χ1n) is 3.48. The number of hydrogen-bond donors (Lipinski definition) is 2. The van der Waals surface area contributed by atoms with Crippen LogP contribution in [0, 0.1) is 11.3 Å². The Balaban J connectivity index is 3.21. The number of nitrogens with zero attached hydrogens (tertiary/aromatic N) is 2. The van der Waals surface area contributed by atoms with Gasteiger partial charge in [-0.2, -0.15) is 5.26 Å². The standard InChI is InChI=1S/C7H4F3N3O2/c8-7(9,10)15-4-2-13-6(12)5(14)3(4)1-11/h2,14H,(H2,12,13). The van der Waals surface area contributed by atoms with Gasteiger partial charge in [-0.25, -0.2) is 4.98 Å². The van der Waals surface area contributed by atoms with Gasteiger partial charge in [-0.1, -0.05) is 0 Å². The highest BCUT2D eigenvalue weighted by Gasteiger charge is 2.33. The number of rotatable bonds is 1. The number of hydrogen-bond acceptors (Lipinski definition) is 5. The topological polar surface area (TPSA) is 92.2 Å². The van der Waals surface area contributed by atoms with Gasteiger partial charge in [-0.3, -0.25) is 0 Å². The third kappa shape index (κ3) is 2.40. The van der Waals surface area contributed by atoms with Gasteiger partial charge in [-0.15, -0.1) is 13.2 Å². The Kier molecular flexibility index (Phi) is 2.57. The monoisotopic (exact) mass is 219 g/mol. The summed E-state index contributed by atoms with van der Waals surface area (Å²) >= 11 is 0. The number of alkyl halides is 3. The summed E-state index contributed by atoms with van der Waals surface area (Å²) in [4.78, 5) is 3.22. The van der Waals surface area contributed by atoms with Crippen molar-refractivity contribution in [2.24, 2.45) is 0 Å². The molecule has 0 fully saturated rings. The second kappa shape index (κ2) is 3.53. The number of aromatic nitrogens is 1. The molecule has 0 spiro atoms. The zero-order valence-corrected chi connectivity index (χ0v) is 7.04. The lowest BCUT2D eigenvalue weighted by Gasteiger charge is -2.10. The average molecular weight is 219 g/mol. The molecule has 1 aromatic heterocycles. The lowest BCUT2D eigenvalue weighted by molar-refractivity contribution is -0.274. The van der Waals surface area contributed by atoms with Crippen molar-refractivity contribution in [3.8, 4) is 17.6 Å². The average Bonchev–Trinajstić information content (AvgIpc) is 2.10. The fourth-order valence-electron chi connectivity index (χ4n) is 0.809. The number of halogens is 3. The van der Waals surface area contributed by atoms with Crippen molar-refractivity contribution in [1.29, 1.82) is 5.26 Å². The Morgan fingerprint density at radius 3 is 2.60 bits per heavy atom. The van der Waals surface area contributed by atoms with Crippen molar-refractivity contribution in [2.75, 3.05) is 5.73 Å². The van der Waals surface area contributed by atoms with E-state index in [2.05, 4.69) is 9.72 Å². The van der Waals surface area contributed by atoms with Crippen molar-refractivity contribution in [3.05, 3.63) is 11.8 Å². The molecule has 3 N–H and O–H groups in total. The summed E-state index contributed by atoms with van der Waals surface area (Å²) in [5.41, 5.74) is 4.37. The lowest BCUT2D eigenvalue weighted by atomic mass is 10.2. The zero-order valence-electron chi connectivity index (χ0n) is 7.04. The predicted octanol–water partition coefficient (Wildman–Crippen LogP) is 1.14. The normalized spacial score (nSPS) is 10.8. The van der Waals surface area contributed by atoms with E-state index in [0.29, 0.717) is 6.20 Å². The van der Waals surface area contributed by atoms with Gasteiger partial charge in [0.15, 0.2) is 17.3 Å². The molecule has 0 radical (unpaired) electrons. The van der Waals surface area contributed by atoms with Crippen molar-refractivity contribution in [1.82, 2.24) is 4.98 Å². The number of nitrogens with two attached hydrogens (primary N) is 1. The maximum Gasteiger partial charge on any atom is 0.573 e. The van der Waals surface area contributed by atoms with Crippen LogP contribution in [0.15, 0.2) is 6.20 Å². The molecule has 0 saturated carbocycles. The maximum absolute atomic E-state index is 11.8. The van der Waals surface area contributed by atoms with E-state index in [9.17, 15) is 13.2 Å². The third-order valence-electron chi connectivity index (χ3n) is 1.38. The Morgan fingerprint density at radius 1 is 1.53 bits per heavy atom. The predicted molar refractivity (Wildman–Crippen MR) is 41.7 cm³/mol. The van der Waals surface area contributed by atoms with Crippen molar-refractivity contribution >= 4 is 5.82 Å². The first-order chi connectivity index (χ1) is 6.85. The third-order valence-corrected chi connectivity index (χ3v) is 1.38. The van der Waals surface area contributed by atoms with Gasteiger partial charge in [0.1, 0.15) is 11.6 Å². The highest BCUT2D eigenvalue weighted by Crippen LogP contribution is 2.33. The molecule has 8 heteroatoms. The second-order valence-corrected chi connectivity index (χ2v) is 2.39. The molecule has 0 aliphatic rings. The van der Waals surface area contributed by atoms with E-state index < -0.39 is 29.2 Å². The van der Waals surface area contributed by atoms with E-state index in [1.165, 1.54) is 6.07 Å². The number of anilines is 1. The Labute approximate surface area is 81.5 Å². The first kappa shape index (κ1) is 10.9. The van der Waals surface area contributed by atoms with Gasteiger partial charge in [0, 0.05) is 0 Å². The van der Waals surface area contributed by atoms with Gasteiger partial charge in [0.2, 0.25) is 0 Å². The molecule has 0 bridgehead atoms. The van der Waals surface area contributed by atoms with Gasteiger partial charge in [0.25, 0.3) is 0 Å². The van der Waals surface area contributed by atoms with Gasteiger partial charge in [0.05, 0.1) is 6.20 Å². The molecule has 0 atom stereocenters. The molecule has 1 heterocycles. The molecule has 0 amide bonds. The molecule has 0 aliphatic carbocycles. The number of pyridine rings is 1. The lowest BCUT2D eigenvalue weighted by Crippen LogP contribution is -2.18. The Bertz CT molecular complexity index is 425. The van der Waals surface area contributed by atoms with E-state index in [0.717, 1.165) is 0 Å². The quantitative estimate of drug-likeness (QED) is 0.738. The summed E-state index contributed by atoms with van der Waals surface area (Å²) in [7, 11) is 0. The van der Waals surface area contributed by atoms with Crippen LogP contribution in [0.3, 0.4) is 0 Å². The summed E-state index contributed by atoms with van der Waals surface area (Å²) in [6.07, 6.45) is -4.35. The number of aromatic hydroxyl groups is 1. The smallest absolute Gasteiger partial charge is 0.503 e. The molecule has 15 heavy (non-hydrogen) atoms. The van der Waals surface area contributed by atoms with Gasteiger partial charge < -0.3 is 15.6 Å². The summed E-state index contributed by atoms with van der Waals surface area (Å²) in [5.74, 6) is -2.17. The molecule has 0 saturated heterocycles. The second-order valence-electron chi connectivity index (χ2n) is 2.39. The highest BCUT2D eigenvalue weighted by molar-refractivity contribution is 5.60. The van der Waals surface area contributed by atoms with Crippen LogP contribution in [-0.2, 0) is 0 Å². The summed E-state index contributed by atoms with van der Waals surface area (Å²) in [5, 5.41) is 17.6. The summed E-state index contributed by atoms with van der Waals surface area (Å²) < 4.78 is 38.9. The van der Waals surface area contributed by atoms with Crippen LogP contribution in [0.25, 0.3) is 0 Å². The van der Waals surface area contributed by atoms with Crippen molar-refractivity contribution in [2.45, 2.75) is 6.36 Å². The zero-order chi connectivity index (χ0) is 11.6. The van der Waals surface area contributed by atoms with E-state index in [4.69, 9.17) is 16.1 Å². The number of ether oxygens (including phenoxy) is 1. The van der Waals surface area contributed by atoms with Crippen LogP contribution in [0.4, 0.5) is 19.0 Å². The molecule has 0 aliphatic heterocycles. The summed E-state index contributed by atoms with van der Waals surface area (Å²) in [6, 6.07) is 1.33. The molecule has 0 unspecified atom stereocenters. The molecule has 80 valence electrons. The fourth-order valence-corrected chi connectivity index (χ4v) is 0.809. The van der Waals surface area contributed by atoms with Crippen LogP contribution in [0.2, 0.25) is 0 Å². The largest absolute Gasteiger partial charge is 0.573 e. The van der Waals surface area contributed by atoms with Gasteiger partial charge in [-0.05, 0) is 0 Å². The Hall–Kier alpha value is -2.17. The Morgan fingerprint density at radius 2 is 2.13 bits per heavy atom. The molecular weight excluding hydrogens is 215 g/mol.